The fourth-order valence-corrected chi connectivity index (χ4v) is 3.95. The lowest BCUT2D eigenvalue weighted by Crippen LogP contribution is -2.35. The molecule has 15 heteroatoms. The van der Waals surface area contributed by atoms with Crippen LogP contribution < -0.4 is 9.46 Å². The number of carbonyl (C=O) groups excluding carboxylic acids is 2. The molecule has 2 aromatic rings. The largest absolute Gasteiger partial charge is 0.508 e. The van der Waals surface area contributed by atoms with Crippen molar-refractivity contribution in [2.45, 2.75) is 36.9 Å². The molecule has 0 radical (unpaired) electrons. The average Bonchev–Trinajstić information content (AvgIpc) is 2.74. The summed E-state index contributed by atoms with van der Waals surface area (Å²) in [5.41, 5.74) is -1.98. The lowest BCUT2D eigenvalue weighted by Gasteiger charge is -2.20. The Bertz CT molecular complexity index is 1260. The first-order valence-corrected chi connectivity index (χ1v) is 11.1. The van der Waals surface area contributed by atoms with Gasteiger partial charge in [-0.25, -0.2) is 8.42 Å². The van der Waals surface area contributed by atoms with Gasteiger partial charge in [-0.1, -0.05) is 0 Å². The number of Topliss-reactive ketones (excluding diaryl/α,β-unsaturated/α-hetero) is 1. The lowest BCUT2D eigenvalue weighted by atomic mass is 9.93. The molecule has 11 nitrogen and oxygen atoms in total. The number of carbonyl (C=O) groups is 2. The summed E-state index contributed by atoms with van der Waals surface area (Å²) in [6.45, 7) is 2.65. The number of ether oxygens (including phenoxy) is 2. The molecule has 2 aromatic carbocycles. The van der Waals surface area contributed by atoms with Crippen LogP contribution in [0.4, 0.5) is 24.5 Å². The highest BCUT2D eigenvalue weighted by atomic mass is 32.2. The molecular weight excluding hydrogens is 501 g/mol. The maximum absolute atomic E-state index is 13.2. The Balaban J connectivity index is 2.54. The number of benzene rings is 2. The maximum atomic E-state index is 13.2. The second-order valence-corrected chi connectivity index (χ2v) is 8.93. The lowest BCUT2D eigenvalue weighted by molar-refractivity contribution is -0.386. The summed E-state index contributed by atoms with van der Waals surface area (Å²) in [7, 11) is -3.42. The zero-order valence-electron chi connectivity index (χ0n) is 18.3. The molecular formula is C20H19F3N2O9S. The number of sulfonamides is 1. The first-order valence-electron chi connectivity index (χ1n) is 9.58. The minimum Gasteiger partial charge on any atom is -0.508 e. The van der Waals surface area contributed by atoms with Crippen LogP contribution in [0.5, 0.6) is 11.5 Å². The van der Waals surface area contributed by atoms with Crippen LogP contribution in [0.25, 0.3) is 0 Å². The van der Waals surface area contributed by atoms with Gasteiger partial charge in [-0.2, -0.15) is 13.2 Å². The maximum Gasteiger partial charge on any atom is 0.451 e. The number of phenolic OH excluding ortho intramolecular Hbond substituents is 1. The molecule has 2 N–H and O–H groups in total. The number of methoxy groups -OCH3 is 1. The fraction of sp³-hybridized carbons (Fsp3) is 0.300. The van der Waals surface area contributed by atoms with E-state index in [1.807, 2.05) is 4.72 Å². The molecule has 0 aromatic heterocycles. The molecule has 0 aliphatic heterocycles. The van der Waals surface area contributed by atoms with Crippen molar-refractivity contribution in [3.63, 3.8) is 0 Å². The van der Waals surface area contributed by atoms with Crippen molar-refractivity contribution in [3.8, 4) is 11.5 Å². The quantitative estimate of drug-likeness (QED) is 0.166. The molecule has 0 spiro atoms. The predicted molar refractivity (Wildman–Crippen MR) is 114 cm³/mol. The van der Waals surface area contributed by atoms with Gasteiger partial charge in [-0.05, 0) is 44.2 Å². The van der Waals surface area contributed by atoms with E-state index in [2.05, 4.69) is 0 Å². The van der Waals surface area contributed by atoms with Crippen LogP contribution in [0.15, 0.2) is 41.3 Å². The highest BCUT2D eigenvalue weighted by Crippen LogP contribution is 2.36. The number of nitro groups is 1. The van der Waals surface area contributed by atoms with E-state index >= 15 is 0 Å². The Morgan fingerprint density at radius 2 is 1.77 bits per heavy atom. The number of nitrogens with one attached hydrogen (secondary N) is 1. The summed E-state index contributed by atoms with van der Waals surface area (Å²) in [5, 5.41) is 21.3. The third kappa shape index (κ3) is 6.38. The monoisotopic (exact) mass is 520 g/mol. The van der Waals surface area contributed by atoms with Crippen LogP contribution in [-0.2, 0) is 24.3 Å². The number of hydrogen-bond donors (Lipinski definition) is 2. The zero-order chi connectivity index (χ0) is 26.7. The van der Waals surface area contributed by atoms with E-state index in [1.165, 1.54) is 13.8 Å². The van der Waals surface area contributed by atoms with Crippen molar-refractivity contribution in [2.24, 2.45) is 0 Å². The second-order valence-electron chi connectivity index (χ2n) is 7.25. The minimum atomic E-state index is -5.48. The van der Waals surface area contributed by atoms with Gasteiger partial charge in [0.15, 0.2) is 11.7 Å². The van der Waals surface area contributed by atoms with Gasteiger partial charge in [-0.15, -0.1) is 0 Å². The topological polar surface area (TPSA) is 162 Å². The van der Waals surface area contributed by atoms with Crippen molar-refractivity contribution in [1.29, 1.82) is 0 Å². The standard InChI is InChI=1S/C20H19F3N2O9S/c1-10(2)34-19(28)17(18(27)20(21,22)23)13-8-11(4-6-15(13)26)24-35(31,32)12-5-7-16(33-3)14(9-12)25(29)30/h4-10,17,24,26H,1-3H3/t17-/m1/s1. The van der Waals surface area contributed by atoms with Crippen molar-refractivity contribution >= 4 is 33.2 Å². The second kappa shape index (κ2) is 10.2. The van der Waals surface area contributed by atoms with Crippen LogP contribution >= 0.6 is 0 Å². The number of aromatic hydroxyl groups is 1. The third-order valence-electron chi connectivity index (χ3n) is 4.38. The third-order valence-corrected chi connectivity index (χ3v) is 5.76. The van der Waals surface area contributed by atoms with Crippen LogP contribution in [0.1, 0.15) is 25.3 Å². The van der Waals surface area contributed by atoms with E-state index in [-0.39, 0.29) is 5.75 Å². The normalized spacial score (nSPS) is 12.7. The van der Waals surface area contributed by atoms with E-state index in [0.29, 0.717) is 12.1 Å². The summed E-state index contributed by atoms with van der Waals surface area (Å²) in [5.74, 6) is -7.91. The highest BCUT2D eigenvalue weighted by molar-refractivity contribution is 7.92. The molecule has 0 unspecified atom stereocenters. The first-order chi connectivity index (χ1) is 16.1. The number of rotatable bonds is 9. The first kappa shape index (κ1) is 27.4. The Hall–Kier alpha value is -3.88. The number of ketones is 1. The number of nitrogens with zero attached hydrogens (tertiary/aromatic N) is 1. The van der Waals surface area contributed by atoms with Gasteiger partial charge in [0.05, 0.1) is 23.0 Å². The molecule has 0 aliphatic carbocycles. The fourth-order valence-electron chi connectivity index (χ4n) is 2.88. The Kier molecular flexibility index (Phi) is 7.95. The number of esters is 1. The molecule has 0 amide bonds. The molecule has 0 saturated heterocycles. The number of anilines is 1. The van der Waals surface area contributed by atoms with E-state index in [4.69, 9.17) is 9.47 Å². The summed E-state index contributed by atoms with van der Waals surface area (Å²) in [4.78, 5) is 34.0. The van der Waals surface area contributed by atoms with E-state index in [1.54, 1.807) is 0 Å². The van der Waals surface area contributed by atoms with Crippen molar-refractivity contribution < 1.29 is 50.7 Å². The SMILES string of the molecule is COc1ccc(S(=O)(=O)Nc2ccc(O)c([C@@H](C(=O)OC(C)C)C(=O)C(F)(F)F)c2)cc1[N+](=O)[O-]. The zero-order valence-corrected chi connectivity index (χ0v) is 19.1. The summed E-state index contributed by atoms with van der Waals surface area (Å²) >= 11 is 0. The van der Waals surface area contributed by atoms with Crippen LogP contribution in [-0.4, -0.2) is 49.6 Å². The molecule has 0 bridgehead atoms. The summed E-state index contributed by atoms with van der Waals surface area (Å²) in [6.07, 6.45) is -6.38. The predicted octanol–water partition coefficient (Wildman–Crippen LogP) is 3.28. The van der Waals surface area contributed by atoms with Gasteiger partial charge in [-0.3, -0.25) is 24.4 Å². The van der Waals surface area contributed by atoms with Gasteiger partial charge < -0.3 is 14.6 Å². The average molecular weight is 520 g/mol. The van der Waals surface area contributed by atoms with Crippen LogP contribution in [0.3, 0.4) is 0 Å². The van der Waals surface area contributed by atoms with Crippen molar-refractivity contribution in [2.75, 3.05) is 11.8 Å². The Morgan fingerprint density at radius 3 is 2.29 bits per heavy atom. The molecule has 190 valence electrons. The minimum absolute atomic E-state index is 0.224. The van der Waals surface area contributed by atoms with Gasteiger partial charge in [0.1, 0.15) is 5.75 Å². The number of phenols is 1. The van der Waals surface area contributed by atoms with E-state index in [0.717, 1.165) is 31.4 Å². The summed E-state index contributed by atoms with van der Waals surface area (Å²) in [6, 6.07) is 5.06. The van der Waals surface area contributed by atoms with E-state index in [9.17, 15) is 46.4 Å². The molecule has 0 aliphatic rings. The molecule has 35 heavy (non-hydrogen) atoms. The number of nitro benzene ring substituents is 1. The number of hydrogen-bond acceptors (Lipinski definition) is 9. The molecule has 0 saturated carbocycles. The van der Waals surface area contributed by atoms with Gasteiger partial charge in [0.25, 0.3) is 15.8 Å². The number of halogens is 3. The van der Waals surface area contributed by atoms with Crippen molar-refractivity contribution in [3.05, 3.63) is 52.1 Å². The summed E-state index contributed by atoms with van der Waals surface area (Å²) < 4.78 is 76.4. The van der Waals surface area contributed by atoms with Gasteiger partial charge in [0, 0.05) is 17.3 Å². The van der Waals surface area contributed by atoms with Gasteiger partial charge in [0.2, 0.25) is 0 Å². The molecule has 0 heterocycles. The molecule has 0 fully saturated rings. The Morgan fingerprint density at radius 1 is 1.14 bits per heavy atom. The molecule has 1 atom stereocenters. The van der Waals surface area contributed by atoms with E-state index < -0.39 is 72.5 Å². The van der Waals surface area contributed by atoms with Crippen LogP contribution in [0, 0.1) is 10.1 Å². The van der Waals surface area contributed by atoms with Gasteiger partial charge >= 0.3 is 17.8 Å². The highest BCUT2D eigenvalue weighted by Gasteiger charge is 2.49. The number of alkyl halides is 3. The van der Waals surface area contributed by atoms with Crippen LogP contribution in [0.2, 0.25) is 0 Å². The molecule has 2 rings (SSSR count). The van der Waals surface area contributed by atoms with Crippen molar-refractivity contribution in [1.82, 2.24) is 0 Å². The Labute approximate surface area is 196 Å². The smallest absolute Gasteiger partial charge is 0.451 e.